The Balaban J connectivity index is 0.000000461. The highest BCUT2D eigenvalue weighted by atomic mass is 32.1. The number of hydrogen-bond donors (Lipinski definition) is 4. The molecule has 0 unspecified atom stereocenters. The van der Waals surface area contributed by atoms with Crippen molar-refractivity contribution in [2.24, 2.45) is 11.7 Å². The van der Waals surface area contributed by atoms with Crippen molar-refractivity contribution in [3.63, 3.8) is 0 Å². The molecule has 0 aliphatic heterocycles. The molecule has 0 saturated carbocycles. The molecule has 11 heavy (non-hydrogen) atoms. The van der Waals surface area contributed by atoms with Crippen LogP contribution in [-0.2, 0) is 0 Å². The van der Waals surface area contributed by atoms with Crippen LogP contribution in [0.2, 0.25) is 0 Å². The van der Waals surface area contributed by atoms with Crippen LogP contribution in [0.15, 0.2) is 5.51 Å². The van der Waals surface area contributed by atoms with E-state index in [4.69, 9.17) is 10.8 Å². The summed E-state index contributed by atoms with van der Waals surface area (Å²) in [7, 11) is 0. The van der Waals surface area contributed by atoms with Gasteiger partial charge in [0.1, 0.15) is 5.00 Å². The highest BCUT2D eigenvalue weighted by molar-refractivity contribution is 7.14. The molecule has 0 bridgehead atoms. The van der Waals surface area contributed by atoms with Crippen molar-refractivity contribution in [3.05, 3.63) is 11.2 Å². The zero-order valence-electron chi connectivity index (χ0n) is 5.52. The molecular weight excluding hydrogens is 168 g/mol. The Hall–Kier alpha value is -1.18. The number of nitrogens with two attached hydrogens (primary N) is 3. The van der Waals surface area contributed by atoms with Crippen LogP contribution in [0.4, 0.5) is 5.00 Å². The number of rotatable bonds is 1. The van der Waals surface area contributed by atoms with Crippen LogP contribution >= 0.6 is 11.3 Å². The molecule has 1 aromatic rings. The molecule has 0 fully saturated rings. The Morgan fingerprint density at radius 3 is 2.36 bits per heavy atom. The van der Waals surface area contributed by atoms with Gasteiger partial charge in [0.15, 0.2) is 5.69 Å². The van der Waals surface area contributed by atoms with Gasteiger partial charge in [0.25, 0.3) is 0 Å². The van der Waals surface area contributed by atoms with E-state index in [2.05, 4.69) is 16.7 Å². The molecule has 0 aliphatic carbocycles. The third kappa shape index (κ3) is 2.50. The fraction of sp³-hybridized carbons (Fsp3) is 0. The number of aromatic carboxylic acids is 1. The second-order valence-electron chi connectivity index (χ2n) is 1.37. The van der Waals surface area contributed by atoms with E-state index >= 15 is 0 Å². The third-order valence-electron chi connectivity index (χ3n) is 0.797. The van der Waals surface area contributed by atoms with Crippen molar-refractivity contribution >= 4 is 22.3 Å². The first-order chi connectivity index (χ1) is 5.22. The first kappa shape index (κ1) is 9.82. The van der Waals surface area contributed by atoms with Crippen LogP contribution in [0.1, 0.15) is 10.5 Å². The van der Waals surface area contributed by atoms with Crippen LogP contribution in [0, 0.1) is 0 Å². The van der Waals surface area contributed by atoms with Gasteiger partial charge < -0.3 is 10.8 Å². The van der Waals surface area contributed by atoms with E-state index in [1.165, 1.54) is 5.51 Å². The predicted octanol–water partition coefficient (Wildman–Crippen LogP) is -0.758. The van der Waals surface area contributed by atoms with Gasteiger partial charge in [-0.25, -0.2) is 9.78 Å². The lowest BCUT2D eigenvalue weighted by atomic mass is 10.5. The molecular formula is C4H8N4O2S. The van der Waals surface area contributed by atoms with Crippen molar-refractivity contribution in [2.75, 3.05) is 5.73 Å². The van der Waals surface area contributed by atoms with E-state index < -0.39 is 5.97 Å². The topological polar surface area (TPSA) is 128 Å². The molecule has 0 amide bonds. The van der Waals surface area contributed by atoms with Crippen LogP contribution in [-0.4, -0.2) is 16.1 Å². The summed E-state index contributed by atoms with van der Waals surface area (Å²) in [6.07, 6.45) is 0. The van der Waals surface area contributed by atoms with Crippen LogP contribution in [0.5, 0.6) is 0 Å². The van der Waals surface area contributed by atoms with Crippen molar-refractivity contribution in [1.29, 1.82) is 0 Å². The number of thiazole rings is 1. The summed E-state index contributed by atoms with van der Waals surface area (Å²) >= 11 is 1.12. The number of carboxylic acid groups (broad SMARTS) is 1. The SMILES string of the molecule is NN.Nc1scnc1C(=O)O. The Morgan fingerprint density at radius 1 is 1.64 bits per heavy atom. The molecule has 1 aromatic heterocycles. The lowest BCUT2D eigenvalue weighted by Gasteiger charge is -1.84. The van der Waals surface area contributed by atoms with Gasteiger partial charge in [0.05, 0.1) is 5.51 Å². The fourth-order valence-corrected chi connectivity index (χ4v) is 0.939. The summed E-state index contributed by atoms with van der Waals surface area (Å²) in [5, 5.41) is 8.57. The molecule has 0 aliphatic rings. The van der Waals surface area contributed by atoms with Crippen molar-refractivity contribution in [1.82, 2.24) is 4.98 Å². The van der Waals surface area contributed by atoms with Gasteiger partial charge in [0.2, 0.25) is 0 Å². The maximum absolute atomic E-state index is 10.1. The third-order valence-corrected chi connectivity index (χ3v) is 1.46. The van der Waals surface area contributed by atoms with Gasteiger partial charge in [-0.2, -0.15) is 0 Å². The monoisotopic (exact) mass is 176 g/mol. The lowest BCUT2D eigenvalue weighted by molar-refractivity contribution is 0.0692. The molecule has 62 valence electrons. The summed E-state index contributed by atoms with van der Waals surface area (Å²) in [5.74, 6) is 6.92. The zero-order chi connectivity index (χ0) is 8.85. The lowest BCUT2D eigenvalue weighted by Crippen LogP contribution is -2.02. The number of aromatic nitrogens is 1. The number of carboxylic acids is 1. The number of nitrogen functional groups attached to an aromatic ring is 1. The minimum Gasteiger partial charge on any atom is -0.476 e. The molecule has 0 aromatic carbocycles. The van der Waals surface area contributed by atoms with E-state index in [1.807, 2.05) is 0 Å². The normalized spacial score (nSPS) is 8.18. The molecule has 7 heteroatoms. The van der Waals surface area contributed by atoms with Crippen molar-refractivity contribution in [3.8, 4) is 0 Å². The molecule has 7 N–H and O–H groups in total. The van der Waals surface area contributed by atoms with Gasteiger partial charge in [-0.05, 0) is 0 Å². The second kappa shape index (κ2) is 4.61. The average molecular weight is 176 g/mol. The van der Waals surface area contributed by atoms with Crippen LogP contribution < -0.4 is 17.4 Å². The van der Waals surface area contributed by atoms with E-state index in [9.17, 15) is 4.79 Å². The van der Waals surface area contributed by atoms with Gasteiger partial charge in [-0.1, -0.05) is 0 Å². The molecule has 0 atom stereocenters. The van der Waals surface area contributed by atoms with E-state index in [0.29, 0.717) is 0 Å². The van der Waals surface area contributed by atoms with Gasteiger partial charge in [-0.15, -0.1) is 11.3 Å². The summed E-state index contributed by atoms with van der Waals surface area (Å²) in [6, 6.07) is 0. The average Bonchev–Trinajstić information content (AvgIpc) is 2.39. The predicted molar refractivity (Wildman–Crippen MR) is 41.9 cm³/mol. The van der Waals surface area contributed by atoms with E-state index in [0.717, 1.165) is 11.3 Å². The summed E-state index contributed by atoms with van der Waals surface area (Å²) < 4.78 is 0. The second-order valence-corrected chi connectivity index (χ2v) is 2.26. The van der Waals surface area contributed by atoms with Crippen molar-refractivity contribution < 1.29 is 9.90 Å². The van der Waals surface area contributed by atoms with Crippen LogP contribution in [0.3, 0.4) is 0 Å². The number of hydrazine groups is 1. The highest BCUT2D eigenvalue weighted by Crippen LogP contribution is 2.14. The number of anilines is 1. The largest absolute Gasteiger partial charge is 0.476 e. The van der Waals surface area contributed by atoms with Crippen molar-refractivity contribution in [2.45, 2.75) is 0 Å². The summed E-state index contributed by atoms with van der Waals surface area (Å²) in [5.41, 5.74) is 6.56. The highest BCUT2D eigenvalue weighted by Gasteiger charge is 2.08. The molecule has 6 nitrogen and oxygen atoms in total. The fourth-order valence-electron chi connectivity index (χ4n) is 0.416. The summed E-state index contributed by atoms with van der Waals surface area (Å²) in [6.45, 7) is 0. The quantitative estimate of drug-likeness (QED) is 0.329. The summed E-state index contributed by atoms with van der Waals surface area (Å²) in [4.78, 5) is 13.7. The molecule has 0 radical (unpaired) electrons. The van der Waals surface area contributed by atoms with Gasteiger partial charge >= 0.3 is 5.97 Å². The Kier molecular flexibility index (Phi) is 4.11. The maximum Gasteiger partial charge on any atom is 0.357 e. The minimum atomic E-state index is -1.08. The molecule has 0 spiro atoms. The van der Waals surface area contributed by atoms with Gasteiger partial charge in [-0.3, -0.25) is 11.7 Å². The maximum atomic E-state index is 10.1. The van der Waals surface area contributed by atoms with E-state index in [-0.39, 0.29) is 10.7 Å². The van der Waals surface area contributed by atoms with Crippen LogP contribution in [0.25, 0.3) is 0 Å². The smallest absolute Gasteiger partial charge is 0.357 e. The standard InChI is InChI=1S/C4H4N2O2S.H4N2/c5-3-2(4(7)8)6-1-9-3;1-2/h1H,5H2,(H,7,8);1-2H2. The Labute approximate surface area is 66.6 Å². The minimum absolute atomic E-state index is 0.0556. The number of nitrogens with zero attached hydrogens (tertiary/aromatic N) is 1. The van der Waals surface area contributed by atoms with Gasteiger partial charge in [0, 0.05) is 0 Å². The zero-order valence-corrected chi connectivity index (χ0v) is 6.34. The Morgan fingerprint density at radius 2 is 2.18 bits per heavy atom. The molecule has 1 rings (SSSR count). The molecule has 0 saturated heterocycles. The number of hydrogen-bond acceptors (Lipinski definition) is 6. The van der Waals surface area contributed by atoms with E-state index in [1.54, 1.807) is 0 Å². The number of carbonyl (C=O) groups is 1. The first-order valence-corrected chi connectivity index (χ1v) is 3.35. The molecule has 1 heterocycles. The first-order valence-electron chi connectivity index (χ1n) is 2.47. The Bertz CT molecular complexity index is 236.